The molecule has 0 aliphatic carbocycles. The summed E-state index contributed by atoms with van der Waals surface area (Å²) in [7, 11) is 0. The summed E-state index contributed by atoms with van der Waals surface area (Å²) in [4.78, 5) is 28.7. The van der Waals surface area contributed by atoms with Crippen molar-refractivity contribution < 1.29 is 24.6 Å². The number of hydrogen-bond donors (Lipinski definition) is 0. The van der Waals surface area contributed by atoms with E-state index in [4.69, 9.17) is 4.74 Å². The van der Waals surface area contributed by atoms with Gasteiger partial charge in [0, 0.05) is 13.2 Å². The van der Waals surface area contributed by atoms with Crippen LogP contribution in [0.15, 0.2) is 0 Å². The van der Waals surface area contributed by atoms with Crippen molar-refractivity contribution in [2.45, 2.75) is 51.7 Å². The van der Waals surface area contributed by atoms with E-state index in [9.17, 15) is 20.2 Å². The van der Waals surface area contributed by atoms with E-state index < -0.39 is 22.4 Å². The minimum atomic E-state index is -0.803. The summed E-state index contributed by atoms with van der Waals surface area (Å²) in [6, 6.07) is 0. The van der Waals surface area contributed by atoms with Crippen molar-refractivity contribution in [2.24, 2.45) is 0 Å². The second kappa shape index (κ2) is 10.3. The standard InChI is InChI=1S/C10H20N2O7/c1-9(18-11(13)14)5-3-7-17-8-4-6-10(2)19-12(15)16/h9-10H,3-8H2,1-2H3. The van der Waals surface area contributed by atoms with E-state index in [1.807, 2.05) is 0 Å². The van der Waals surface area contributed by atoms with E-state index >= 15 is 0 Å². The van der Waals surface area contributed by atoms with Crippen LogP contribution in [0.4, 0.5) is 0 Å². The first-order valence-corrected chi connectivity index (χ1v) is 6.12. The van der Waals surface area contributed by atoms with Crippen LogP contribution in [0.1, 0.15) is 39.5 Å². The van der Waals surface area contributed by atoms with Gasteiger partial charge in [0.2, 0.25) is 0 Å². The first kappa shape index (κ1) is 17.4. The van der Waals surface area contributed by atoms with Gasteiger partial charge in [0.15, 0.2) is 0 Å². The molecule has 2 unspecified atom stereocenters. The van der Waals surface area contributed by atoms with Gasteiger partial charge in [0.1, 0.15) is 12.2 Å². The van der Waals surface area contributed by atoms with Crippen molar-refractivity contribution in [3.05, 3.63) is 20.2 Å². The maximum Gasteiger partial charge on any atom is 0.294 e. The molecule has 2 atom stereocenters. The van der Waals surface area contributed by atoms with Gasteiger partial charge in [-0.25, -0.2) is 0 Å². The second-order valence-corrected chi connectivity index (χ2v) is 4.18. The Morgan fingerprint density at radius 1 is 0.895 bits per heavy atom. The third-order valence-electron chi connectivity index (χ3n) is 2.33. The summed E-state index contributed by atoms with van der Waals surface area (Å²) in [6.45, 7) is 4.21. The Labute approximate surface area is 111 Å². The number of hydrogen-bond acceptors (Lipinski definition) is 7. The predicted octanol–water partition coefficient (Wildman–Crippen LogP) is 1.76. The normalized spacial score (nSPS) is 13.6. The lowest BCUT2D eigenvalue weighted by Gasteiger charge is -2.10. The first-order valence-electron chi connectivity index (χ1n) is 6.12. The average molecular weight is 280 g/mol. The van der Waals surface area contributed by atoms with Crippen LogP contribution in [0.5, 0.6) is 0 Å². The molecule has 0 radical (unpaired) electrons. The SMILES string of the molecule is CC(CCCOCCCC(C)O[N+](=O)[O-])O[N+](=O)[O-]. The van der Waals surface area contributed by atoms with E-state index in [2.05, 4.69) is 9.68 Å². The highest BCUT2D eigenvalue weighted by Gasteiger charge is 2.07. The van der Waals surface area contributed by atoms with Crippen LogP contribution in [0.25, 0.3) is 0 Å². The maximum absolute atomic E-state index is 10.0. The minimum absolute atomic E-state index is 0.438. The van der Waals surface area contributed by atoms with Gasteiger partial charge in [-0.05, 0) is 39.5 Å². The molecule has 0 N–H and O–H groups in total. The number of nitrogens with zero attached hydrogens (tertiary/aromatic N) is 2. The zero-order valence-electron chi connectivity index (χ0n) is 11.1. The average Bonchev–Trinajstić information content (AvgIpc) is 2.25. The van der Waals surface area contributed by atoms with Crippen LogP contribution >= 0.6 is 0 Å². The maximum atomic E-state index is 10.0. The lowest BCUT2D eigenvalue weighted by Crippen LogP contribution is -2.15. The van der Waals surface area contributed by atoms with Gasteiger partial charge in [-0.1, -0.05) is 0 Å². The molecule has 0 bridgehead atoms. The van der Waals surface area contributed by atoms with Crippen molar-refractivity contribution in [1.82, 2.24) is 0 Å². The smallest absolute Gasteiger partial charge is 0.294 e. The molecule has 0 spiro atoms. The van der Waals surface area contributed by atoms with Gasteiger partial charge in [0.05, 0.1) is 0 Å². The zero-order valence-corrected chi connectivity index (χ0v) is 11.1. The van der Waals surface area contributed by atoms with Gasteiger partial charge in [-0.15, -0.1) is 20.2 Å². The molecule has 0 aliphatic heterocycles. The van der Waals surface area contributed by atoms with E-state index in [0.717, 1.165) is 0 Å². The molecule has 0 rings (SSSR count). The fourth-order valence-electron chi connectivity index (χ4n) is 1.45. The molecule has 0 amide bonds. The molecular weight excluding hydrogens is 260 g/mol. The highest BCUT2D eigenvalue weighted by atomic mass is 17.0. The summed E-state index contributed by atoms with van der Waals surface area (Å²) >= 11 is 0. The van der Waals surface area contributed by atoms with Crippen LogP contribution in [0.3, 0.4) is 0 Å². The second-order valence-electron chi connectivity index (χ2n) is 4.18. The quantitative estimate of drug-likeness (QED) is 0.304. The molecule has 9 heteroatoms. The summed E-state index contributed by atoms with van der Waals surface area (Å²) in [5, 5.41) is 18.4. The molecule has 0 saturated heterocycles. The molecule has 0 heterocycles. The van der Waals surface area contributed by atoms with Crippen LogP contribution < -0.4 is 0 Å². The summed E-state index contributed by atoms with van der Waals surface area (Å²) in [5.74, 6) is 0. The van der Waals surface area contributed by atoms with Crippen molar-refractivity contribution in [3.8, 4) is 0 Å². The van der Waals surface area contributed by atoms with E-state index in [0.29, 0.717) is 38.9 Å². The van der Waals surface area contributed by atoms with Gasteiger partial charge in [0.25, 0.3) is 10.2 Å². The molecule has 112 valence electrons. The molecule has 0 aromatic heterocycles. The molecule has 19 heavy (non-hydrogen) atoms. The van der Waals surface area contributed by atoms with Crippen LogP contribution in [-0.2, 0) is 14.4 Å². The Morgan fingerprint density at radius 3 is 1.58 bits per heavy atom. The van der Waals surface area contributed by atoms with Crippen LogP contribution in [0.2, 0.25) is 0 Å². The molecular formula is C10H20N2O7. The molecule has 0 saturated carbocycles. The number of ether oxygens (including phenoxy) is 1. The molecule has 0 aromatic rings. The third kappa shape index (κ3) is 12.6. The fraction of sp³-hybridized carbons (Fsp3) is 1.00. The van der Waals surface area contributed by atoms with Gasteiger partial charge in [-0.2, -0.15) is 0 Å². The Hall–Kier alpha value is -1.64. The number of rotatable bonds is 12. The Balaban J connectivity index is 3.31. The Kier molecular flexibility index (Phi) is 9.41. The van der Waals surface area contributed by atoms with Crippen LogP contribution in [-0.4, -0.2) is 35.6 Å². The lowest BCUT2D eigenvalue weighted by molar-refractivity contribution is -0.767. The summed E-state index contributed by atoms with van der Waals surface area (Å²) in [5.41, 5.74) is 0. The molecule has 0 fully saturated rings. The van der Waals surface area contributed by atoms with Gasteiger partial charge in [-0.3, -0.25) is 0 Å². The van der Waals surface area contributed by atoms with Gasteiger partial charge >= 0.3 is 0 Å². The van der Waals surface area contributed by atoms with E-state index in [1.54, 1.807) is 13.8 Å². The van der Waals surface area contributed by atoms with Gasteiger partial charge < -0.3 is 14.4 Å². The monoisotopic (exact) mass is 280 g/mol. The van der Waals surface area contributed by atoms with E-state index in [1.165, 1.54) is 0 Å². The van der Waals surface area contributed by atoms with Crippen molar-refractivity contribution in [2.75, 3.05) is 13.2 Å². The van der Waals surface area contributed by atoms with Crippen molar-refractivity contribution in [3.63, 3.8) is 0 Å². The van der Waals surface area contributed by atoms with Crippen molar-refractivity contribution in [1.29, 1.82) is 0 Å². The van der Waals surface area contributed by atoms with Crippen molar-refractivity contribution >= 4 is 0 Å². The fourth-order valence-corrected chi connectivity index (χ4v) is 1.45. The van der Waals surface area contributed by atoms with Crippen LogP contribution in [0, 0.1) is 20.2 Å². The highest BCUT2D eigenvalue weighted by Crippen LogP contribution is 2.04. The Bertz CT molecular complexity index is 249. The summed E-state index contributed by atoms with van der Waals surface area (Å²) < 4.78 is 5.29. The first-order chi connectivity index (χ1) is 8.91. The summed E-state index contributed by atoms with van der Waals surface area (Å²) in [6.07, 6.45) is 1.54. The Morgan fingerprint density at radius 2 is 1.26 bits per heavy atom. The zero-order chi connectivity index (χ0) is 14.7. The lowest BCUT2D eigenvalue weighted by atomic mass is 10.2. The molecule has 9 nitrogen and oxygen atoms in total. The highest BCUT2D eigenvalue weighted by molar-refractivity contribution is 4.50. The molecule has 0 aliphatic rings. The topological polar surface area (TPSA) is 114 Å². The van der Waals surface area contributed by atoms with E-state index in [-0.39, 0.29) is 0 Å². The minimum Gasteiger partial charge on any atom is -0.381 e. The predicted molar refractivity (Wildman–Crippen MR) is 64.4 cm³/mol. The molecule has 0 aromatic carbocycles. The largest absolute Gasteiger partial charge is 0.381 e. The third-order valence-corrected chi connectivity index (χ3v) is 2.33.